The summed E-state index contributed by atoms with van der Waals surface area (Å²) in [7, 11) is 0. The van der Waals surface area contributed by atoms with Gasteiger partial charge in [0.15, 0.2) is 0 Å². The van der Waals surface area contributed by atoms with Gasteiger partial charge < -0.3 is 0 Å². The molecule has 2 aromatic rings. The number of hydrogen-bond donors (Lipinski definition) is 0. The van der Waals surface area contributed by atoms with Crippen LogP contribution < -0.4 is 0 Å². The van der Waals surface area contributed by atoms with E-state index in [1.807, 2.05) is 18.2 Å². The fourth-order valence-electron chi connectivity index (χ4n) is 2.36. The van der Waals surface area contributed by atoms with Crippen LogP contribution in [-0.2, 0) is 12.8 Å². The van der Waals surface area contributed by atoms with Gasteiger partial charge in [-0.3, -0.25) is 0 Å². The fourth-order valence-corrected chi connectivity index (χ4v) is 3.73. The molecule has 0 nitrogen and oxygen atoms in total. The molecule has 0 saturated carbocycles. The highest BCUT2D eigenvalue weighted by atomic mass is 79.9. The number of benzene rings is 2. The normalized spacial score (nSPS) is 12.4. The van der Waals surface area contributed by atoms with Crippen molar-refractivity contribution < 1.29 is 0 Å². The summed E-state index contributed by atoms with van der Waals surface area (Å²) in [6, 6.07) is 12.3. The minimum atomic E-state index is -0.169. The molecule has 0 saturated heterocycles. The predicted octanol–water partition coefficient (Wildman–Crippen LogP) is 6.56. The maximum absolute atomic E-state index is 6.64. The summed E-state index contributed by atoms with van der Waals surface area (Å²) in [6.07, 6.45) is 2.09. The topological polar surface area (TPSA) is 0 Å². The first kappa shape index (κ1) is 15.9. The standard InChI is InChI=1S/C17H17BrCl2/c1-3-11-5-6-13(9-12(11)4-2)17(20)15-8-7-14(19)10-16(15)18/h5-10,17H,3-4H2,1-2H3. The second kappa shape index (κ2) is 6.98. The first-order valence-electron chi connectivity index (χ1n) is 6.77. The monoisotopic (exact) mass is 370 g/mol. The lowest BCUT2D eigenvalue weighted by Gasteiger charge is -2.15. The zero-order valence-corrected chi connectivity index (χ0v) is 14.7. The molecule has 3 heteroatoms. The van der Waals surface area contributed by atoms with E-state index in [1.165, 1.54) is 11.1 Å². The maximum atomic E-state index is 6.64. The van der Waals surface area contributed by atoms with Gasteiger partial charge >= 0.3 is 0 Å². The molecule has 0 fully saturated rings. The van der Waals surface area contributed by atoms with Crippen molar-refractivity contribution in [2.45, 2.75) is 32.1 Å². The van der Waals surface area contributed by atoms with E-state index in [9.17, 15) is 0 Å². The lowest BCUT2D eigenvalue weighted by atomic mass is 9.96. The lowest BCUT2D eigenvalue weighted by Crippen LogP contribution is -1.98. The van der Waals surface area contributed by atoms with Crippen LogP contribution in [0.1, 0.15) is 41.5 Å². The van der Waals surface area contributed by atoms with Crippen LogP contribution >= 0.6 is 39.1 Å². The Kier molecular flexibility index (Phi) is 5.54. The average Bonchev–Trinajstić information content (AvgIpc) is 2.45. The van der Waals surface area contributed by atoms with Crippen molar-refractivity contribution in [3.63, 3.8) is 0 Å². The van der Waals surface area contributed by atoms with Crippen molar-refractivity contribution in [2.24, 2.45) is 0 Å². The highest BCUT2D eigenvalue weighted by Gasteiger charge is 2.15. The predicted molar refractivity (Wildman–Crippen MR) is 92.0 cm³/mol. The Morgan fingerprint density at radius 2 is 1.70 bits per heavy atom. The second-order valence-electron chi connectivity index (χ2n) is 4.76. The minimum absolute atomic E-state index is 0.169. The van der Waals surface area contributed by atoms with Gasteiger partial charge in [0, 0.05) is 9.50 Å². The van der Waals surface area contributed by atoms with E-state index < -0.39 is 0 Å². The minimum Gasteiger partial charge on any atom is -0.113 e. The zero-order chi connectivity index (χ0) is 14.7. The molecule has 1 atom stereocenters. The Balaban J connectivity index is 2.40. The molecule has 0 bridgehead atoms. The number of rotatable bonds is 4. The molecule has 0 radical (unpaired) electrons. The molecule has 0 N–H and O–H groups in total. The first-order valence-corrected chi connectivity index (χ1v) is 8.38. The van der Waals surface area contributed by atoms with E-state index in [-0.39, 0.29) is 5.38 Å². The smallest absolute Gasteiger partial charge is 0.0846 e. The van der Waals surface area contributed by atoms with E-state index >= 15 is 0 Å². The fraction of sp³-hybridized carbons (Fsp3) is 0.294. The van der Waals surface area contributed by atoms with Gasteiger partial charge in [-0.05, 0) is 47.2 Å². The molecular formula is C17H17BrCl2. The third kappa shape index (κ3) is 3.39. The maximum Gasteiger partial charge on any atom is 0.0846 e. The summed E-state index contributed by atoms with van der Waals surface area (Å²) in [4.78, 5) is 0. The van der Waals surface area contributed by atoms with Gasteiger partial charge in [-0.2, -0.15) is 0 Å². The lowest BCUT2D eigenvalue weighted by molar-refractivity contribution is 1.01. The van der Waals surface area contributed by atoms with Crippen molar-refractivity contribution in [3.05, 3.63) is 68.1 Å². The molecule has 1 unspecified atom stereocenters. The van der Waals surface area contributed by atoms with E-state index in [0.717, 1.165) is 28.4 Å². The van der Waals surface area contributed by atoms with Crippen molar-refractivity contribution >= 4 is 39.1 Å². The molecule has 0 spiro atoms. The molecule has 0 heterocycles. The summed E-state index contributed by atoms with van der Waals surface area (Å²) in [5.74, 6) is 0. The van der Waals surface area contributed by atoms with Crippen LogP contribution in [0.25, 0.3) is 0 Å². The van der Waals surface area contributed by atoms with Gasteiger partial charge in [-0.1, -0.05) is 65.6 Å². The van der Waals surface area contributed by atoms with Crippen LogP contribution in [0.3, 0.4) is 0 Å². The highest BCUT2D eigenvalue weighted by molar-refractivity contribution is 9.10. The molecule has 2 rings (SSSR count). The van der Waals surface area contributed by atoms with Gasteiger partial charge in [0.05, 0.1) is 5.38 Å². The van der Waals surface area contributed by atoms with E-state index in [2.05, 4.69) is 48.0 Å². The van der Waals surface area contributed by atoms with Crippen molar-refractivity contribution in [1.82, 2.24) is 0 Å². The first-order chi connectivity index (χ1) is 9.56. The molecule has 0 aliphatic carbocycles. The van der Waals surface area contributed by atoms with Gasteiger partial charge in [0.25, 0.3) is 0 Å². The van der Waals surface area contributed by atoms with Crippen molar-refractivity contribution in [2.75, 3.05) is 0 Å². The molecule has 106 valence electrons. The van der Waals surface area contributed by atoms with Crippen LogP contribution in [0.2, 0.25) is 5.02 Å². The summed E-state index contributed by atoms with van der Waals surface area (Å²) < 4.78 is 0.947. The molecule has 0 aliphatic heterocycles. The Hall–Kier alpha value is -0.500. The third-order valence-electron chi connectivity index (χ3n) is 3.52. The van der Waals surface area contributed by atoms with Crippen LogP contribution in [0.4, 0.5) is 0 Å². The van der Waals surface area contributed by atoms with Gasteiger partial charge in [0.2, 0.25) is 0 Å². The van der Waals surface area contributed by atoms with Crippen LogP contribution in [0.15, 0.2) is 40.9 Å². The highest BCUT2D eigenvalue weighted by Crippen LogP contribution is 2.35. The van der Waals surface area contributed by atoms with E-state index in [1.54, 1.807) is 0 Å². The number of hydrogen-bond acceptors (Lipinski definition) is 0. The molecule has 0 amide bonds. The third-order valence-corrected chi connectivity index (χ3v) is 4.93. The van der Waals surface area contributed by atoms with E-state index in [0.29, 0.717) is 5.02 Å². The average molecular weight is 372 g/mol. The summed E-state index contributed by atoms with van der Waals surface area (Å²) in [5.41, 5.74) is 4.95. The SMILES string of the molecule is CCc1ccc(C(Cl)c2ccc(Cl)cc2Br)cc1CC. The summed E-state index contributed by atoms with van der Waals surface area (Å²) >= 11 is 16.2. The van der Waals surface area contributed by atoms with Crippen LogP contribution in [-0.4, -0.2) is 0 Å². The number of halogens is 3. The van der Waals surface area contributed by atoms with Gasteiger partial charge in [0.1, 0.15) is 0 Å². The van der Waals surface area contributed by atoms with Crippen molar-refractivity contribution in [3.8, 4) is 0 Å². The Labute approximate surface area is 139 Å². The number of alkyl halides is 1. The number of aryl methyl sites for hydroxylation is 2. The van der Waals surface area contributed by atoms with Crippen LogP contribution in [0.5, 0.6) is 0 Å². The largest absolute Gasteiger partial charge is 0.113 e. The second-order valence-corrected chi connectivity index (χ2v) is 6.49. The van der Waals surface area contributed by atoms with Crippen molar-refractivity contribution in [1.29, 1.82) is 0 Å². The zero-order valence-electron chi connectivity index (χ0n) is 11.6. The summed E-state index contributed by atoms with van der Waals surface area (Å²) in [5, 5.41) is 0.540. The molecule has 20 heavy (non-hydrogen) atoms. The van der Waals surface area contributed by atoms with Gasteiger partial charge in [-0.15, -0.1) is 11.6 Å². The molecule has 0 aliphatic rings. The van der Waals surface area contributed by atoms with Crippen LogP contribution in [0, 0.1) is 0 Å². The Morgan fingerprint density at radius 1 is 1.00 bits per heavy atom. The summed E-state index contributed by atoms with van der Waals surface area (Å²) in [6.45, 7) is 4.36. The molecular weight excluding hydrogens is 355 g/mol. The molecule has 0 aromatic heterocycles. The Bertz CT molecular complexity index is 608. The van der Waals surface area contributed by atoms with E-state index in [4.69, 9.17) is 23.2 Å². The van der Waals surface area contributed by atoms with Gasteiger partial charge in [-0.25, -0.2) is 0 Å². The molecule has 2 aromatic carbocycles. The Morgan fingerprint density at radius 3 is 2.30 bits per heavy atom. The quantitative estimate of drug-likeness (QED) is 0.534.